The number of hydrogen-bond acceptors (Lipinski definition) is 3. The van der Waals surface area contributed by atoms with Crippen molar-refractivity contribution in [3.63, 3.8) is 0 Å². The lowest BCUT2D eigenvalue weighted by Gasteiger charge is -2.01. The van der Waals surface area contributed by atoms with Crippen LogP contribution in [0.2, 0.25) is 0 Å². The Kier molecular flexibility index (Phi) is 5.07. The van der Waals surface area contributed by atoms with Gasteiger partial charge in [0.1, 0.15) is 0 Å². The first-order valence-electron chi connectivity index (χ1n) is 4.56. The van der Waals surface area contributed by atoms with E-state index in [4.69, 9.17) is 0 Å². The SMILES string of the molecule is CC(=O)NCCCSc1ccncc1. The van der Waals surface area contributed by atoms with E-state index >= 15 is 0 Å². The fourth-order valence-electron chi connectivity index (χ4n) is 0.961. The molecule has 3 nitrogen and oxygen atoms in total. The molecule has 1 amide bonds. The summed E-state index contributed by atoms with van der Waals surface area (Å²) in [4.78, 5) is 15.7. The van der Waals surface area contributed by atoms with Gasteiger partial charge >= 0.3 is 0 Å². The Hall–Kier alpha value is -1.03. The molecule has 0 atom stereocenters. The molecule has 0 unspecified atom stereocenters. The molecule has 0 saturated carbocycles. The number of aromatic nitrogens is 1. The second-order valence-electron chi connectivity index (χ2n) is 2.87. The third-order valence-electron chi connectivity index (χ3n) is 1.61. The average molecular weight is 210 g/mol. The summed E-state index contributed by atoms with van der Waals surface area (Å²) < 4.78 is 0. The lowest BCUT2D eigenvalue weighted by atomic mass is 10.5. The smallest absolute Gasteiger partial charge is 0.216 e. The van der Waals surface area contributed by atoms with Crippen LogP contribution in [0.15, 0.2) is 29.4 Å². The molecule has 0 radical (unpaired) electrons. The van der Waals surface area contributed by atoms with Crippen LogP contribution in [0.5, 0.6) is 0 Å². The van der Waals surface area contributed by atoms with Gasteiger partial charge in [-0.05, 0) is 24.3 Å². The van der Waals surface area contributed by atoms with Gasteiger partial charge in [0.25, 0.3) is 0 Å². The summed E-state index contributed by atoms with van der Waals surface area (Å²) in [6.07, 6.45) is 4.57. The van der Waals surface area contributed by atoms with E-state index in [-0.39, 0.29) is 5.91 Å². The van der Waals surface area contributed by atoms with E-state index < -0.39 is 0 Å². The highest BCUT2D eigenvalue weighted by Crippen LogP contribution is 2.16. The van der Waals surface area contributed by atoms with Gasteiger partial charge in [-0.15, -0.1) is 11.8 Å². The minimum atomic E-state index is 0.0407. The lowest BCUT2D eigenvalue weighted by Crippen LogP contribution is -2.21. The molecular weight excluding hydrogens is 196 g/mol. The Bertz CT molecular complexity index is 277. The molecule has 0 aliphatic rings. The summed E-state index contributed by atoms with van der Waals surface area (Å²) >= 11 is 1.78. The number of nitrogens with one attached hydrogen (secondary N) is 1. The Labute approximate surface area is 88.3 Å². The summed E-state index contributed by atoms with van der Waals surface area (Å²) in [6, 6.07) is 3.98. The van der Waals surface area contributed by atoms with Crippen molar-refractivity contribution >= 4 is 17.7 Å². The van der Waals surface area contributed by atoms with Gasteiger partial charge in [0.15, 0.2) is 0 Å². The largest absolute Gasteiger partial charge is 0.356 e. The lowest BCUT2D eigenvalue weighted by molar-refractivity contribution is -0.118. The van der Waals surface area contributed by atoms with E-state index in [0.717, 1.165) is 18.7 Å². The van der Waals surface area contributed by atoms with E-state index in [1.807, 2.05) is 12.1 Å². The average Bonchev–Trinajstić information content (AvgIpc) is 2.18. The van der Waals surface area contributed by atoms with Gasteiger partial charge in [-0.25, -0.2) is 0 Å². The van der Waals surface area contributed by atoms with Gasteiger partial charge in [-0.3, -0.25) is 9.78 Å². The zero-order valence-corrected chi connectivity index (χ0v) is 9.01. The molecule has 0 saturated heterocycles. The van der Waals surface area contributed by atoms with Gasteiger partial charge < -0.3 is 5.32 Å². The molecule has 1 rings (SSSR count). The molecule has 0 fully saturated rings. The molecule has 14 heavy (non-hydrogen) atoms. The Morgan fingerprint density at radius 3 is 2.86 bits per heavy atom. The van der Waals surface area contributed by atoms with Gasteiger partial charge in [-0.1, -0.05) is 0 Å². The Morgan fingerprint density at radius 1 is 1.50 bits per heavy atom. The maximum Gasteiger partial charge on any atom is 0.216 e. The van der Waals surface area contributed by atoms with Crippen LogP contribution >= 0.6 is 11.8 Å². The van der Waals surface area contributed by atoms with Gasteiger partial charge in [0.05, 0.1) is 0 Å². The Morgan fingerprint density at radius 2 is 2.21 bits per heavy atom. The van der Waals surface area contributed by atoms with Crippen molar-refractivity contribution in [2.45, 2.75) is 18.2 Å². The van der Waals surface area contributed by atoms with Crippen LogP contribution in [0.25, 0.3) is 0 Å². The summed E-state index contributed by atoms with van der Waals surface area (Å²) in [5.74, 6) is 1.06. The van der Waals surface area contributed by atoms with Gasteiger partial charge in [0.2, 0.25) is 5.91 Å². The summed E-state index contributed by atoms with van der Waals surface area (Å²) in [5.41, 5.74) is 0. The monoisotopic (exact) mass is 210 g/mol. The molecule has 1 aromatic heterocycles. The fraction of sp³-hybridized carbons (Fsp3) is 0.400. The first-order valence-corrected chi connectivity index (χ1v) is 5.55. The molecule has 0 aliphatic carbocycles. The predicted octanol–water partition coefficient (Wildman–Crippen LogP) is 1.70. The van der Waals surface area contributed by atoms with Crippen molar-refractivity contribution in [3.8, 4) is 0 Å². The fourth-order valence-corrected chi connectivity index (χ4v) is 1.80. The predicted molar refractivity (Wildman–Crippen MR) is 58.3 cm³/mol. The molecule has 4 heteroatoms. The molecule has 0 aromatic carbocycles. The quantitative estimate of drug-likeness (QED) is 0.594. The van der Waals surface area contributed by atoms with Crippen LogP contribution in [0.4, 0.5) is 0 Å². The highest BCUT2D eigenvalue weighted by atomic mass is 32.2. The number of amides is 1. The first kappa shape index (κ1) is 11.0. The van der Waals surface area contributed by atoms with Gasteiger partial charge in [0, 0.05) is 30.8 Å². The number of hydrogen-bond donors (Lipinski definition) is 1. The van der Waals surface area contributed by atoms with E-state index in [1.54, 1.807) is 24.2 Å². The molecule has 1 heterocycles. The number of thioether (sulfide) groups is 1. The standard InChI is InChI=1S/C10H14N2OS/c1-9(13)12-5-2-8-14-10-3-6-11-7-4-10/h3-4,6-7H,2,5,8H2,1H3,(H,12,13). The van der Waals surface area contributed by atoms with Crippen LogP contribution in [-0.4, -0.2) is 23.2 Å². The van der Waals surface area contributed by atoms with Crippen LogP contribution < -0.4 is 5.32 Å². The highest BCUT2D eigenvalue weighted by molar-refractivity contribution is 7.99. The number of carbonyl (C=O) groups excluding carboxylic acids is 1. The minimum Gasteiger partial charge on any atom is -0.356 e. The zero-order valence-electron chi connectivity index (χ0n) is 8.19. The summed E-state index contributed by atoms with van der Waals surface area (Å²) in [7, 11) is 0. The minimum absolute atomic E-state index is 0.0407. The number of rotatable bonds is 5. The first-order chi connectivity index (χ1) is 6.79. The van der Waals surface area contributed by atoms with Crippen LogP contribution in [0.1, 0.15) is 13.3 Å². The van der Waals surface area contributed by atoms with E-state index in [2.05, 4.69) is 10.3 Å². The van der Waals surface area contributed by atoms with Crippen LogP contribution in [-0.2, 0) is 4.79 Å². The van der Waals surface area contributed by atoms with Crippen molar-refractivity contribution in [1.29, 1.82) is 0 Å². The molecule has 1 N–H and O–H groups in total. The van der Waals surface area contributed by atoms with E-state index in [1.165, 1.54) is 11.8 Å². The van der Waals surface area contributed by atoms with E-state index in [0.29, 0.717) is 0 Å². The molecule has 0 spiro atoms. The topological polar surface area (TPSA) is 42.0 Å². The Balaban J connectivity index is 2.08. The van der Waals surface area contributed by atoms with Crippen molar-refractivity contribution in [2.24, 2.45) is 0 Å². The van der Waals surface area contributed by atoms with E-state index in [9.17, 15) is 4.79 Å². The zero-order chi connectivity index (χ0) is 10.2. The number of nitrogens with zero attached hydrogens (tertiary/aromatic N) is 1. The van der Waals surface area contributed by atoms with Gasteiger partial charge in [-0.2, -0.15) is 0 Å². The second-order valence-corrected chi connectivity index (χ2v) is 4.04. The normalized spacial score (nSPS) is 9.79. The summed E-state index contributed by atoms with van der Waals surface area (Å²) in [5, 5.41) is 2.77. The molecular formula is C10H14N2OS. The molecule has 76 valence electrons. The number of pyridine rings is 1. The third kappa shape index (κ3) is 4.87. The van der Waals surface area contributed by atoms with Crippen molar-refractivity contribution in [2.75, 3.05) is 12.3 Å². The van der Waals surface area contributed by atoms with Crippen LogP contribution in [0.3, 0.4) is 0 Å². The number of carbonyl (C=O) groups is 1. The molecule has 1 aromatic rings. The molecule has 0 aliphatic heterocycles. The maximum atomic E-state index is 10.6. The van der Waals surface area contributed by atoms with Crippen LogP contribution in [0, 0.1) is 0 Å². The second kappa shape index (κ2) is 6.43. The summed E-state index contributed by atoms with van der Waals surface area (Å²) in [6.45, 7) is 2.30. The maximum absolute atomic E-state index is 10.6. The van der Waals surface area contributed by atoms with Crippen molar-refractivity contribution in [1.82, 2.24) is 10.3 Å². The molecule has 0 bridgehead atoms. The van der Waals surface area contributed by atoms with Crippen molar-refractivity contribution in [3.05, 3.63) is 24.5 Å². The third-order valence-corrected chi connectivity index (χ3v) is 2.71. The highest BCUT2D eigenvalue weighted by Gasteiger charge is 1.93. The van der Waals surface area contributed by atoms with Crippen molar-refractivity contribution < 1.29 is 4.79 Å².